The highest BCUT2D eigenvalue weighted by Crippen LogP contribution is 2.20. The van der Waals surface area contributed by atoms with Crippen molar-refractivity contribution in [1.29, 1.82) is 0 Å². The van der Waals surface area contributed by atoms with Gasteiger partial charge in [-0.15, -0.1) is 0 Å². The van der Waals surface area contributed by atoms with Gasteiger partial charge in [-0.3, -0.25) is 0 Å². The molecule has 1 unspecified atom stereocenters. The molecular formula is C17H22N2O2. The highest BCUT2D eigenvalue weighted by Gasteiger charge is 2.18. The third kappa shape index (κ3) is 3.72. The summed E-state index contributed by atoms with van der Waals surface area (Å²) in [5, 5.41) is 0. The van der Waals surface area contributed by atoms with Crippen LogP contribution in [0.4, 0.5) is 0 Å². The van der Waals surface area contributed by atoms with Crippen molar-refractivity contribution in [2.24, 2.45) is 0 Å². The molecule has 0 saturated heterocycles. The minimum Gasteiger partial charge on any atom is -0.456 e. The van der Waals surface area contributed by atoms with Gasteiger partial charge in [0.15, 0.2) is 0 Å². The first-order valence-electron chi connectivity index (χ1n) is 7.10. The van der Waals surface area contributed by atoms with Crippen LogP contribution in [0.5, 0.6) is 0 Å². The van der Waals surface area contributed by atoms with Crippen LogP contribution in [0, 0.1) is 6.92 Å². The normalized spacial score (nSPS) is 13.0. The Kier molecular flexibility index (Phi) is 4.16. The summed E-state index contributed by atoms with van der Waals surface area (Å²) in [7, 11) is 0. The zero-order chi connectivity index (χ0) is 15.6. The molecule has 2 rings (SSSR count). The van der Waals surface area contributed by atoms with E-state index in [1.807, 2.05) is 58.2 Å². The molecule has 112 valence electrons. The van der Waals surface area contributed by atoms with E-state index in [1.165, 1.54) is 0 Å². The van der Waals surface area contributed by atoms with Gasteiger partial charge in [0.1, 0.15) is 11.4 Å². The van der Waals surface area contributed by atoms with Gasteiger partial charge in [0.2, 0.25) is 0 Å². The van der Waals surface area contributed by atoms with Gasteiger partial charge < -0.3 is 9.30 Å². The standard InChI is InChI=1S/C17H22N2O2/c1-12(19-11-10-18-13(19)2)14-6-8-15(9-7-14)16(20)21-17(3,4)5/h6-12H,1-5H3. The Labute approximate surface area is 125 Å². The van der Waals surface area contributed by atoms with Gasteiger partial charge in [-0.25, -0.2) is 9.78 Å². The van der Waals surface area contributed by atoms with E-state index < -0.39 is 5.60 Å². The van der Waals surface area contributed by atoms with Crippen LogP contribution < -0.4 is 0 Å². The number of carbonyl (C=O) groups excluding carboxylic acids is 1. The van der Waals surface area contributed by atoms with Crippen molar-refractivity contribution >= 4 is 5.97 Å². The van der Waals surface area contributed by atoms with Crippen LogP contribution in [0.25, 0.3) is 0 Å². The van der Waals surface area contributed by atoms with Crippen molar-refractivity contribution in [3.63, 3.8) is 0 Å². The van der Waals surface area contributed by atoms with E-state index in [0.717, 1.165) is 11.4 Å². The summed E-state index contributed by atoms with van der Waals surface area (Å²) in [4.78, 5) is 16.2. The molecule has 4 nitrogen and oxygen atoms in total. The Hall–Kier alpha value is -2.10. The maximum Gasteiger partial charge on any atom is 0.338 e. The fourth-order valence-corrected chi connectivity index (χ4v) is 2.19. The predicted octanol–water partition coefficient (Wildman–Crippen LogP) is 3.76. The average Bonchev–Trinajstić information content (AvgIpc) is 2.82. The van der Waals surface area contributed by atoms with E-state index in [1.54, 1.807) is 6.20 Å². The van der Waals surface area contributed by atoms with E-state index in [0.29, 0.717) is 5.56 Å². The number of hydrogen-bond donors (Lipinski definition) is 0. The Bertz CT molecular complexity index is 621. The van der Waals surface area contributed by atoms with Crippen LogP contribution in [0.2, 0.25) is 0 Å². The van der Waals surface area contributed by atoms with Gasteiger partial charge in [0.25, 0.3) is 0 Å². The quantitative estimate of drug-likeness (QED) is 0.807. The summed E-state index contributed by atoms with van der Waals surface area (Å²) in [6, 6.07) is 7.73. The lowest BCUT2D eigenvalue weighted by Gasteiger charge is -2.20. The van der Waals surface area contributed by atoms with Gasteiger partial charge in [-0.1, -0.05) is 12.1 Å². The lowest BCUT2D eigenvalue weighted by atomic mass is 10.1. The largest absolute Gasteiger partial charge is 0.456 e. The fourth-order valence-electron chi connectivity index (χ4n) is 2.19. The van der Waals surface area contributed by atoms with Crippen LogP contribution >= 0.6 is 0 Å². The Balaban J connectivity index is 2.16. The number of carbonyl (C=O) groups is 1. The molecular weight excluding hydrogens is 264 g/mol. The van der Waals surface area contributed by atoms with E-state index in [9.17, 15) is 4.79 Å². The molecule has 2 aromatic rings. The zero-order valence-electron chi connectivity index (χ0n) is 13.3. The Morgan fingerprint density at radius 3 is 2.33 bits per heavy atom. The summed E-state index contributed by atoms with van der Waals surface area (Å²) in [6.07, 6.45) is 3.75. The molecule has 1 aromatic heterocycles. The Morgan fingerprint density at radius 2 is 1.86 bits per heavy atom. The van der Waals surface area contributed by atoms with E-state index in [4.69, 9.17) is 4.74 Å². The highest BCUT2D eigenvalue weighted by molar-refractivity contribution is 5.89. The molecule has 1 atom stereocenters. The second-order valence-corrected chi connectivity index (χ2v) is 6.18. The number of ether oxygens (including phenoxy) is 1. The maximum atomic E-state index is 12.0. The van der Waals surface area contributed by atoms with Crippen molar-refractivity contribution in [2.45, 2.75) is 46.3 Å². The summed E-state index contributed by atoms with van der Waals surface area (Å²) < 4.78 is 7.46. The van der Waals surface area contributed by atoms with Crippen LogP contribution in [-0.4, -0.2) is 21.1 Å². The molecule has 0 spiro atoms. The first-order chi connectivity index (χ1) is 9.78. The first-order valence-corrected chi connectivity index (χ1v) is 7.10. The van der Waals surface area contributed by atoms with E-state index >= 15 is 0 Å². The number of esters is 1. The van der Waals surface area contributed by atoms with Gasteiger partial charge in [-0.05, 0) is 52.3 Å². The summed E-state index contributed by atoms with van der Waals surface area (Å²) in [5.74, 6) is 0.680. The second kappa shape index (κ2) is 5.72. The molecule has 0 saturated carbocycles. The molecule has 0 aliphatic carbocycles. The van der Waals surface area contributed by atoms with Crippen molar-refractivity contribution in [2.75, 3.05) is 0 Å². The van der Waals surface area contributed by atoms with Gasteiger partial charge in [0.05, 0.1) is 11.6 Å². The minimum atomic E-state index is -0.475. The number of rotatable bonds is 3. The van der Waals surface area contributed by atoms with Crippen LogP contribution in [0.3, 0.4) is 0 Å². The third-order valence-electron chi connectivity index (χ3n) is 3.31. The fraction of sp³-hybridized carbons (Fsp3) is 0.412. The number of hydrogen-bond acceptors (Lipinski definition) is 3. The van der Waals surface area contributed by atoms with E-state index in [2.05, 4.69) is 16.5 Å². The van der Waals surface area contributed by atoms with Crippen molar-refractivity contribution in [1.82, 2.24) is 9.55 Å². The number of nitrogens with zero attached hydrogens (tertiary/aromatic N) is 2. The highest BCUT2D eigenvalue weighted by atomic mass is 16.6. The minimum absolute atomic E-state index is 0.181. The monoisotopic (exact) mass is 286 g/mol. The number of imidazole rings is 1. The summed E-state index contributed by atoms with van der Waals surface area (Å²) in [5.41, 5.74) is 1.23. The second-order valence-electron chi connectivity index (χ2n) is 6.18. The third-order valence-corrected chi connectivity index (χ3v) is 3.31. The van der Waals surface area contributed by atoms with Crippen LogP contribution in [0.15, 0.2) is 36.7 Å². The van der Waals surface area contributed by atoms with Gasteiger partial charge >= 0.3 is 5.97 Å². The zero-order valence-corrected chi connectivity index (χ0v) is 13.3. The number of aromatic nitrogens is 2. The molecule has 1 aromatic carbocycles. The summed E-state index contributed by atoms with van der Waals surface area (Å²) >= 11 is 0. The smallest absolute Gasteiger partial charge is 0.338 e. The lowest BCUT2D eigenvalue weighted by molar-refractivity contribution is 0.00695. The van der Waals surface area contributed by atoms with Crippen molar-refractivity contribution in [3.05, 3.63) is 53.6 Å². The number of aryl methyl sites for hydroxylation is 1. The topological polar surface area (TPSA) is 44.1 Å². The number of benzene rings is 1. The van der Waals surface area contributed by atoms with Crippen LogP contribution in [0.1, 0.15) is 55.5 Å². The van der Waals surface area contributed by atoms with Gasteiger partial charge in [0, 0.05) is 12.4 Å². The van der Waals surface area contributed by atoms with E-state index in [-0.39, 0.29) is 12.0 Å². The molecule has 0 N–H and O–H groups in total. The molecule has 4 heteroatoms. The van der Waals surface area contributed by atoms with Crippen LogP contribution in [-0.2, 0) is 4.74 Å². The molecule has 0 bridgehead atoms. The van der Waals surface area contributed by atoms with Gasteiger partial charge in [-0.2, -0.15) is 0 Å². The molecule has 1 heterocycles. The molecule has 0 radical (unpaired) electrons. The SMILES string of the molecule is Cc1nccn1C(C)c1ccc(C(=O)OC(C)(C)C)cc1. The molecule has 0 aliphatic heterocycles. The molecule has 0 fully saturated rings. The summed E-state index contributed by atoms with van der Waals surface area (Å²) in [6.45, 7) is 9.68. The Morgan fingerprint density at radius 1 is 1.24 bits per heavy atom. The lowest BCUT2D eigenvalue weighted by Crippen LogP contribution is -2.23. The maximum absolute atomic E-state index is 12.0. The molecule has 0 aliphatic rings. The molecule has 21 heavy (non-hydrogen) atoms. The average molecular weight is 286 g/mol. The van der Waals surface area contributed by atoms with Crippen molar-refractivity contribution < 1.29 is 9.53 Å². The first kappa shape index (κ1) is 15.3. The predicted molar refractivity (Wildman–Crippen MR) is 82.4 cm³/mol. The molecule has 0 amide bonds. The van der Waals surface area contributed by atoms with Crippen molar-refractivity contribution in [3.8, 4) is 0 Å².